The normalized spacial score (nSPS) is 11.6. The summed E-state index contributed by atoms with van der Waals surface area (Å²) in [7, 11) is 0. The molecule has 5 aromatic carbocycles. The van der Waals surface area contributed by atoms with Crippen LogP contribution in [0.5, 0.6) is 0 Å². The maximum atomic E-state index is 4.77. The van der Waals surface area contributed by atoms with Crippen molar-refractivity contribution >= 4 is 43.6 Å². The van der Waals surface area contributed by atoms with Gasteiger partial charge in [0.05, 0.1) is 22.1 Å². The Labute approximate surface area is 225 Å². The molecule has 3 heteroatoms. The van der Waals surface area contributed by atoms with E-state index in [-0.39, 0.29) is 0 Å². The Bertz CT molecular complexity index is 2140. The molecule has 3 nitrogen and oxygen atoms in total. The minimum Gasteiger partial charge on any atom is -0.309 e. The molecule has 0 amide bonds. The van der Waals surface area contributed by atoms with Gasteiger partial charge in [-0.15, -0.1) is 0 Å². The number of rotatable bonds is 3. The van der Waals surface area contributed by atoms with Crippen LogP contribution < -0.4 is 0 Å². The molecular formula is C36H23N3. The number of hydrogen-bond acceptors (Lipinski definition) is 2. The van der Waals surface area contributed by atoms with Crippen molar-refractivity contribution in [1.82, 2.24) is 14.5 Å². The number of benzene rings is 5. The molecule has 0 aliphatic carbocycles. The van der Waals surface area contributed by atoms with Crippen LogP contribution in [0.4, 0.5) is 0 Å². The van der Waals surface area contributed by atoms with Gasteiger partial charge in [0.25, 0.3) is 0 Å². The number of fused-ring (bicyclic) bond motifs is 8. The van der Waals surface area contributed by atoms with E-state index in [2.05, 4.69) is 120 Å². The van der Waals surface area contributed by atoms with E-state index in [9.17, 15) is 0 Å². The molecule has 0 saturated heterocycles. The molecule has 0 atom stereocenters. The second-order valence-corrected chi connectivity index (χ2v) is 9.87. The molecule has 0 unspecified atom stereocenters. The Morgan fingerprint density at radius 2 is 0.923 bits per heavy atom. The molecule has 182 valence electrons. The fourth-order valence-corrected chi connectivity index (χ4v) is 5.91. The molecule has 0 radical (unpaired) electrons. The SMILES string of the molecule is c1ccc(-c2ccc(-c3ccc(-n4c5ccccc5c5c6cccnc6c6ncccc6c54)cc3)cc2)cc1. The Kier molecular flexibility index (Phi) is 4.82. The molecule has 39 heavy (non-hydrogen) atoms. The lowest BCUT2D eigenvalue weighted by Gasteiger charge is -2.12. The van der Waals surface area contributed by atoms with Crippen molar-refractivity contribution in [3.05, 3.63) is 140 Å². The Morgan fingerprint density at radius 1 is 0.410 bits per heavy atom. The van der Waals surface area contributed by atoms with Gasteiger partial charge in [-0.1, -0.05) is 91.0 Å². The third-order valence-corrected chi connectivity index (χ3v) is 7.69. The first-order chi connectivity index (χ1) is 19.4. The number of hydrogen-bond donors (Lipinski definition) is 0. The average molecular weight is 498 g/mol. The maximum absolute atomic E-state index is 4.77. The second kappa shape index (κ2) is 8.64. The van der Waals surface area contributed by atoms with E-state index < -0.39 is 0 Å². The van der Waals surface area contributed by atoms with Crippen LogP contribution in [0.3, 0.4) is 0 Å². The van der Waals surface area contributed by atoms with Gasteiger partial charge < -0.3 is 4.57 Å². The monoisotopic (exact) mass is 497 g/mol. The predicted molar refractivity (Wildman–Crippen MR) is 162 cm³/mol. The van der Waals surface area contributed by atoms with E-state index >= 15 is 0 Å². The fourth-order valence-electron chi connectivity index (χ4n) is 5.91. The number of aromatic nitrogens is 3. The smallest absolute Gasteiger partial charge is 0.0986 e. The predicted octanol–water partition coefficient (Wildman–Crippen LogP) is 9.21. The van der Waals surface area contributed by atoms with Gasteiger partial charge in [0.15, 0.2) is 0 Å². The highest BCUT2D eigenvalue weighted by molar-refractivity contribution is 6.30. The van der Waals surface area contributed by atoms with E-state index in [0.717, 1.165) is 27.5 Å². The van der Waals surface area contributed by atoms with Crippen molar-refractivity contribution < 1.29 is 0 Å². The molecule has 0 spiro atoms. The maximum Gasteiger partial charge on any atom is 0.0986 e. The highest BCUT2D eigenvalue weighted by Gasteiger charge is 2.19. The standard InChI is InChI=1S/C36H23N3/c1-2-8-24(9-3-1)25-14-16-26(17-15-25)27-18-20-28(21-19-27)39-32-13-5-4-10-29(32)33-30-11-6-22-37-34(30)35-31(36(33)39)12-7-23-38-35/h1-23H. The van der Waals surface area contributed by atoms with Gasteiger partial charge in [0, 0.05) is 39.6 Å². The summed E-state index contributed by atoms with van der Waals surface area (Å²) >= 11 is 0. The molecule has 0 saturated carbocycles. The van der Waals surface area contributed by atoms with Gasteiger partial charge in [0.2, 0.25) is 0 Å². The quantitative estimate of drug-likeness (QED) is 0.228. The van der Waals surface area contributed by atoms with Crippen LogP contribution >= 0.6 is 0 Å². The van der Waals surface area contributed by atoms with Crippen LogP contribution in [0.1, 0.15) is 0 Å². The molecule has 3 aromatic heterocycles. The van der Waals surface area contributed by atoms with Gasteiger partial charge in [-0.05, 0) is 58.7 Å². The van der Waals surface area contributed by atoms with Gasteiger partial charge >= 0.3 is 0 Å². The summed E-state index contributed by atoms with van der Waals surface area (Å²) in [5.74, 6) is 0. The fraction of sp³-hybridized carbons (Fsp3) is 0. The summed E-state index contributed by atoms with van der Waals surface area (Å²) in [6.45, 7) is 0. The van der Waals surface area contributed by atoms with Crippen LogP contribution in [0.25, 0.3) is 71.6 Å². The minimum atomic E-state index is 0.930. The first kappa shape index (κ1) is 21.8. The van der Waals surface area contributed by atoms with Gasteiger partial charge in [-0.3, -0.25) is 9.97 Å². The second-order valence-electron chi connectivity index (χ2n) is 9.87. The summed E-state index contributed by atoms with van der Waals surface area (Å²) in [4.78, 5) is 9.52. The van der Waals surface area contributed by atoms with Crippen LogP contribution in [-0.4, -0.2) is 14.5 Å². The lowest BCUT2D eigenvalue weighted by molar-refractivity contribution is 1.19. The Balaban J connectivity index is 1.33. The third-order valence-electron chi connectivity index (χ3n) is 7.69. The Morgan fingerprint density at radius 3 is 1.62 bits per heavy atom. The zero-order chi connectivity index (χ0) is 25.8. The number of pyridine rings is 2. The molecule has 0 aliphatic heterocycles. The van der Waals surface area contributed by atoms with Crippen LogP contribution in [0.2, 0.25) is 0 Å². The van der Waals surface area contributed by atoms with E-state index in [1.165, 1.54) is 44.1 Å². The van der Waals surface area contributed by atoms with Crippen LogP contribution in [0.15, 0.2) is 140 Å². The first-order valence-electron chi connectivity index (χ1n) is 13.2. The first-order valence-corrected chi connectivity index (χ1v) is 13.2. The Hall–Kier alpha value is -5.28. The lowest BCUT2D eigenvalue weighted by Crippen LogP contribution is -1.95. The molecule has 8 rings (SSSR count). The highest BCUT2D eigenvalue weighted by Crippen LogP contribution is 2.41. The number of nitrogens with zero attached hydrogens (tertiary/aromatic N) is 3. The third kappa shape index (κ3) is 3.37. The van der Waals surface area contributed by atoms with Gasteiger partial charge in [0.1, 0.15) is 0 Å². The van der Waals surface area contributed by atoms with E-state index in [4.69, 9.17) is 9.97 Å². The molecule has 8 aromatic rings. The lowest BCUT2D eigenvalue weighted by atomic mass is 10.0. The molecule has 0 bridgehead atoms. The largest absolute Gasteiger partial charge is 0.309 e. The summed E-state index contributed by atoms with van der Waals surface area (Å²) in [5, 5.41) is 4.67. The van der Waals surface area contributed by atoms with Crippen molar-refractivity contribution in [2.45, 2.75) is 0 Å². The van der Waals surface area contributed by atoms with Crippen molar-refractivity contribution in [3.63, 3.8) is 0 Å². The van der Waals surface area contributed by atoms with Crippen molar-refractivity contribution in [3.8, 4) is 27.9 Å². The highest BCUT2D eigenvalue weighted by atomic mass is 15.0. The van der Waals surface area contributed by atoms with Gasteiger partial charge in [-0.25, -0.2) is 0 Å². The van der Waals surface area contributed by atoms with Crippen LogP contribution in [0, 0.1) is 0 Å². The molecule has 0 N–H and O–H groups in total. The van der Waals surface area contributed by atoms with E-state index in [1.54, 1.807) is 0 Å². The molecule has 0 aliphatic rings. The summed E-state index contributed by atoms with van der Waals surface area (Å²) in [6.07, 6.45) is 3.71. The topological polar surface area (TPSA) is 30.7 Å². The minimum absolute atomic E-state index is 0.930. The van der Waals surface area contributed by atoms with E-state index in [1.807, 2.05) is 24.5 Å². The molecule has 3 heterocycles. The van der Waals surface area contributed by atoms with Crippen molar-refractivity contribution in [1.29, 1.82) is 0 Å². The van der Waals surface area contributed by atoms with E-state index in [0.29, 0.717) is 0 Å². The zero-order valence-corrected chi connectivity index (χ0v) is 21.1. The number of para-hydroxylation sites is 1. The summed E-state index contributed by atoms with van der Waals surface area (Å²) in [5.41, 5.74) is 10.2. The summed E-state index contributed by atoms with van der Waals surface area (Å²) in [6, 6.07) is 45.2. The summed E-state index contributed by atoms with van der Waals surface area (Å²) < 4.78 is 2.38. The van der Waals surface area contributed by atoms with Crippen LogP contribution in [-0.2, 0) is 0 Å². The van der Waals surface area contributed by atoms with Crippen molar-refractivity contribution in [2.75, 3.05) is 0 Å². The van der Waals surface area contributed by atoms with Gasteiger partial charge in [-0.2, -0.15) is 0 Å². The average Bonchev–Trinajstić information content (AvgIpc) is 3.38. The van der Waals surface area contributed by atoms with Crippen molar-refractivity contribution in [2.24, 2.45) is 0 Å². The molecular weight excluding hydrogens is 474 g/mol. The molecule has 0 fully saturated rings. The zero-order valence-electron chi connectivity index (χ0n) is 21.1.